The monoisotopic (exact) mass is 291 g/mol. The van der Waals surface area contributed by atoms with Crippen molar-refractivity contribution in [1.82, 2.24) is 24.7 Å². The zero-order valence-corrected chi connectivity index (χ0v) is 11.3. The largest absolute Gasteiger partial charge is 0.315 e. The summed E-state index contributed by atoms with van der Waals surface area (Å²) < 4.78 is 2.35. The highest BCUT2D eigenvalue weighted by atomic mass is 32.1. The number of rotatable bonds is 3. The number of thiazole rings is 1. The maximum absolute atomic E-state index is 11.2. The van der Waals surface area contributed by atoms with Gasteiger partial charge in [0.1, 0.15) is 0 Å². The molecule has 19 heavy (non-hydrogen) atoms. The van der Waals surface area contributed by atoms with Crippen LogP contribution in [0.2, 0.25) is 0 Å². The van der Waals surface area contributed by atoms with Crippen LogP contribution < -0.4 is 4.87 Å². The van der Waals surface area contributed by atoms with Crippen molar-refractivity contribution < 1.29 is 0 Å². The fraction of sp³-hybridized carbons (Fsp3) is 0.0909. The molecular weight excluding hydrogens is 282 g/mol. The van der Waals surface area contributed by atoms with Crippen molar-refractivity contribution in [3.63, 3.8) is 0 Å². The van der Waals surface area contributed by atoms with Crippen LogP contribution in [-0.4, -0.2) is 24.7 Å². The summed E-state index contributed by atoms with van der Waals surface area (Å²) in [5, 5.41) is 8.77. The van der Waals surface area contributed by atoms with Crippen molar-refractivity contribution in [2.75, 3.05) is 0 Å². The average molecular weight is 291 g/mol. The minimum Gasteiger partial charge on any atom is -0.315 e. The molecule has 3 rings (SSSR count). The molecule has 0 saturated heterocycles. The lowest BCUT2D eigenvalue weighted by molar-refractivity contribution is 0.770. The summed E-state index contributed by atoms with van der Waals surface area (Å²) in [7, 11) is 0. The Balaban J connectivity index is 2.04. The molecule has 0 radical (unpaired) electrons. The third-order valence-electron chi connectivity index (χ3n) is 2.60. The number of hydrogen-bond donors (Lipinski definition) is 2. The van der Waals surface area contributed by atoms with Crippen LogP contribution >= 0.6 is 23.6 Å². The van der Waals surface area contributed by atoms with Gasteiger partial charge in [0.05, 0.1) is 6.54 Å². The lowest BCUT2D eigenvalue weighted by Gasteiger charge is -2.04. The van der Waals surface area contributed by atoms with E-state index >= 15 is 0 Å². The molecule has 0 fully saturated rings. The number of aromatic amines is 2. The molecule has 0 atom stereocenters. The molecule has 0 aromatic carbocycles. The number of H-pyrrole nitrogens is 2. The van der Waals surface area contributed by atoms with Gasteiger partial charge in [-0.1, -0.05) is 11.3 Å². The number of pyridine rings is 1. The van der Waals surface area contributed by atoms with E-state index in [-0.39, 0.29) is 4.87 Å². The standard InChI is InChI=1S/C11H9N5OS2/c17-11-13-8(6-19-11)5-16-9(14-15-10(16)18)7-1-3-12-4-2-7/h1-4,6H,5H2,(H,13,17)(H,15,18). The van der Waals surface area contributed by atoms with Crippen LogP contribution in [0.15, 0.2) is 34.7 Å². The highest BCUT2D eigenvalue weighted by Crippen LogP contribution is 2.17. The van der Waals surface area contributed by atoms with Crippen molar-refractivity contribution in [1.29, 1.82) is 0 Å². The summed E-state index contributed by atoms with van der Waals surface area (Å²) in [6.45, 7) is 0.478. The van der Waals surface area contributed by atoms with Gasteiger partial charge in [-0.15, -0.1) is 0 Å². The Kier molecular flexibility index (Phi) is 3.10. The molecular formula is C11H9N5OS2. The summed E-state index contributed by atoms with van der Waals surface area (Å²) >= 11 is 6.35. The fourth-order valence-corrected chi connectivity index (χ4v) is 2.52. The van der Waals surface area contributed by atoms with Gasteiger partial charge < -0.3 is 4.98 Å². The molecule has 0 aliphatic rings. The minimum atomic E-state index is -0.0736. The van der Waals surface area contributed by atoms with Crippen molar-refractivity contribution in [3.8, 4) is 11.4 Å². The number of nitrogens with one attached hydrogen (secondary N) is 2. The van der Waals surface area contributed by atoms with Crippen molar-refractivity contribution in [2.45, 2.75) is 6.54 Å². The third-order valence-corrected chi connectivity index (χ3v) is 3.63. The maximum Gasteiger partial charge on any atom is 0.304 e. The zero-order valence-electron chi connectivity index (χ0n) is 9.66. The topological polar surface area (TPSA) is 79.4 Å². The molecule has 0 saturated carbocycles. The predicted octanol–water partition coefficient (Wildman–Crippen LogP) is 1.80. The van der Waals surface area contributed by atoms with Crippen LogP contribution in [0.1, 0.15) is 5.69 Å². The molecule has 3 aromatic heterocycles. The van der Waals surface area contributed by atoms with Gasteiger partial charge in [-0.05, 0) is 24.4 Å². The molecule has 0 aliphatic heterocycles. The lowest BCUT2D eigenvalue weighted by atomic mass is 10.2. The Labute approximate surface area is 116 Å². The Morgan fingerprint density at radius 3 is 2.84 bits per heavy atom. The first-order valence-electron chi connectivity index (χ1n) is 5.46. The van der Waals surface area contributed by atoms with E-state index in [1.54, 1.807) is 17.8 Å². The molecule has 0 amide bonds. The summed E-state index contributed by atoms with van der Waals surface area (Å²) in [5.41, 5.74) is 1.72. The first-order chi connectivity index (χ1) is 9.24. The van der Waals surface area contributed by atoms with Crippen molar-refractivity contribution in [3.05, 3.63) is 50.0 Å². The van der Waals surface area contributed by atoms with Gasteiger partial charge in [0.25, 0.3) is 0 Å². The van der Waals surface area contributed by atoms with E-state index < -0.39 is 0 Å². The molecule has 3 heterocycles. The maximum atomic E-state index is 11.2. The van der Waals surface area contributed by atoms with E-state index in [1.807, 2.05) is 16.7 Å². The molecule has 0 spiro atoms. The van der Waals surface area contributed by atoms with Crippen LogP contribution in [0, 0.1) is 4.77 Å². The Morgan fingerprint density at radius 2 is 2.16 bits per heavy atom. The summed E-state index contributed by atoms with van der Waals surface area (Å²) in [4.78, 5) is 17.8. The van der Waals surface area contributed by atoms with Crippen LogP contribution in [0.25, 0.3) is 11.4 Å². The Hall–Kier alpha value is -2.06. The van der Waals surface area contributed by atoms with Crippen LogP contribution in [0.3, 0.4) is 0 Å². The Morgan fingerprint density at radius 1 is 1.37 bits per heavy atom. The SMILES string of the molecule is O=c1[nH]c(Cn2c(-c3ccncc3)n[nH]c2=S)cs1. The second-order valence-electron chi connectivity index (χ2n) is 3.85. The first-order valence-corrected chi connectivity index (χ1v) is 6.75. The Bertz CT molecular complexity index is 798. The molecule has 3 aromatic rings. The molecule has 8 heteroatoms. The predicted molar refractivity (Wildman–Crippen MR) is 74.7 cm³/mol. The number of hydrogen-bond acceptors (Lipinski definition) is 5. The number of nitrogens with zero attached hydrogens (tertiary/aromatic N) is 3. The molecule has 6 nitrogen and oxygen atoms in total. The summed E-state index contributed by atoms with van der Waals surface area (Å²) in [6, 6.07) is 3.72. The van der Waals surface area contributed by atoms with Gasteiger partial charge >= 0.3 is 4.87 Å². The number of aromatic nitrogens is 5. The van der Waals surface area contributed by atoms with Gasteiger partial charge in [0, 0.05) is 29.0 Å². The fourth-order valence-electron chi connectivity index (χ4n) is 1.75. The van der Waals surface area contributed by atoms with Crippen LogP contribution in [-0.2, 0) is 6.54 Å². The molecule has 0 aliphatic carbocycles. The van der Waals surface area contributed by atoms with Gasteiger partial charge in [-0.25, -0.2) is 0 Å². The van der Waals surface area contributed by atoms with Gasteiger partial charge in [0.15, 0.2) is 10.6 Å². The molecule has 0 bridgehead atoms. The third kappa shape index (κ3) is 2.40. The van der Waals surface area contributed by atoms with Gasteiger partial charge in [0.2, 0.25) is 0 Å². The lowest BCUT2D eigenvalue weighted by Crippen LogP contribution is -2.05. The van der Waals surface area contributed by atoms with Crippen LogP contribution in [0.4, 0.5) is 0 Å². The highest BCUT2D eigenvalue weighted by molar-refractivity contribution is 7.71. The zero-order chi connectivity index (χ0) is 13.2. The van der Waals surface area contributed by atoms with E-state index in [2.05, 4.69) is 20.2 Å². The van der Waals surface area contributed by atoms with Crippen molar-refractivity contribution in [2.24, 2.45) is 0 Å². The highest BCUT2D eigenvalue weighted by Gasteiger charge is 2.09. The smallest absolute Gasteiger partial charge is 0.304 e. The van der Waals surface area contributed by atoms with E-state index in [4.69, 9.17) is 12.2 Å². The summed E-state index contributed by atoms with van der Waals surface area (Å²) in [6.07, 6.45) is 3.40. The van der Waals surface area contributed by atoms with E-state index in [0.717, 1.165) is 28.4 Å². The second kappa shape index (κ2) is 4.90. The normalized spacial score (nSPS) is 10.7. The molecule has 2 N–H and O–H groups in total. The first kappa shape index (κ1) is 12.0. The molecule has 96 valence electrons. The van der Waals surface area contributed by atoms with Crippen molar-refractivity contribution >= 4 is 23.6 Å². The van der Waals surface area contributed by atoms with Gasteiger partial charge in [-0.2, -0.15) is 5.10 Å². The average Bonchev–Trinajstić information content (AvgIpc) is 2.99. The van der Waals surface area contributed by atoms with E-state index in [9.17, 15) is 4.79 Å². The summed E-state index contributed by atoms with van der Waals surface area (Å²) in [5.74, 6) is 0.722. The van der Waals surface area contributed by atoms with Gasteiger partial charge in [-0.3, -0.25) is 19.4 Å². The minimum absolute atomic E-state index is 0.0736. The molecule has 0 unspecified atom stereocenters. The second-order valence-corrected chi connectivity index (χ2v) is 5.08. The van der Waals surface area contributed by atoms with E-state index in [1.165, 1.54) is 0 Å². The van der Waals surface area contributed by atoms with E-state index in [0.29, 0.717) is 11.3 Å². The quantitative estimate of drug-likeness (QED) is 0.721. The van der Waals surface area contributed by atoms with Crippen LogP contribution in [0.5, 0.6) is 0 Å².